The topological polar surface area (TPSA) is 34.5 Å². The maximum absolute atomic E-state index is 14.0. The average molecular weight is 357 g/mol. The molecule has 0 spiro atoms. The molecule has 2 aromatic rings. The molecular formula is C20H18ClFN2O. The van der Waals surface area contributed by atoms with Crippen molar-refractivity contribution in [2.24, 2.45) is 4.99 Å². The third-order valence-corrected chi connectivity index (χ3v) is 5.03. The molecule has 4 rings (SSSR count). The minimum absolute atomic E-state index is 0.137. The van der Waals surface area contributed by atoms with E-state index in [9.17, 15) is 4.39 Å². The zero-order chi connectivity index (χ0) is 17.4. The second kappa shape index (κ2) is 6.60. The van der Waals surface area contributed by atoms with Gasteiger partial charge in [-0.25, -0.2) is 4.39 Å². The molecule has 3 heterocycles. The normalized spacial score (nSPS) is 22.1. The Kier molecular flexibility index (Phi) is 4.30. The predicted molar refractivity (Wildman–Crippen MR) is 96.9 cm³/mol. The van der Waals surface area contributed by atoms with Crippen molar-refractivity contribution in [3.05, 3.63) is 69.9 Å². The Morgan fingerprint density at radius 3 is 3.00 bits per heavy atom. The minimum Gasteiger partial charge on any atom is -0.484 e. The van der Waals surface area contributed by atoms with Gasteiger partial charge in [0, 0.05) is 29.6 Å². The molecule has 128 valence electrons. The lowest BCUT2D eigenvalue weighted by atomic mass is 9.88. The number of allylic oxidation sites excluding steroid dienone is 1. The standard InChI is InChI=1S/C20H18ClFN2O/c1-12-7-13-4-5-18(20-17(22)3-2-6-24-20)25-19(13)9-16(12)14-8-15(21)11-23-10-14/h2-3,6-7,9-11,14,18H,4-5,8H2,1H3. The zero-order valence-corrected chi connectivity index (χ0v) is 14.6. The van der Waals surface area contributed by atoms with Gasteiger partial charge in [-0.1, -0.05) is 17.7 Å². The smallest absolute Gasteiger partial charge is 0.148 e. The van der Waals surface area contributed by atoms with E-state index in [0.29, 0.717) is 5.69 Å². The summed E-state index contributed by atoms with van der Waals surface area (Å²) in [5.41, 5.74) is 3.88. The zero-order valence-electron chi connectivity index (χ0n) is 13.9. The van der Waals surface area contributed by atoms with E-state index in [1.165, 1.54) is 11.6 Å². The molecule has 0 saturated carbocycles. The van der Waals surface area contributed by atoms with E-state index in [1.807, 2.05) is 6.21 Å². The molecular weight excluding hydrogens is 339 g/mol. The highest BCUT2D eigenvalue weighted by Crippen LogP contribution is 2.39. The first-order valence-electron chi connectivity index (χ1n) is 8.40. The number of aromatic nitrogens is 1. The third kappa shape index (κ3) is 3.19. The second-order valence-electron chi connectivity index (χ2n) is 6.52. The molecule has 3 nitrogen and oxygen atoms in total. The average Bonchev–Trinajstić information content (AvgIpc) is 2.61. The molecule has 2 aliphatic heterocycles. The van der Waals surface area contributed by atoms with E-state index in [1.54, 1.807) is 18.5 Å². The van der Waals surface area contributed by atoms with Crippen LogP contribution in [0.25, 0.3) is 0 Å². The summed E-state index contributed by atoms with van der Waals surface area (Å²) in [7, 11) is 0. The first kappa shape index (κ1) is 16.3. The van der Waals surface area contributed by atoms with Gasteiger partial charge in [0.1, 0.15) is 23.4 Å². The fourth-order valence-corrected chi connectivity index (χ4v) is 3.75. The van der Waals surface area contributed by atoms with Crippen LogP contribution in [0.2, 0.25) is 0 Å². The molecule has 0 radical (unpaired) electrons. The number of fused-ring (bicyclic) bond motifs is 1. The Hall–Kier alpha value is -2.20. The van der Waals surface area contributed by atoms with Crippen LogP contribution in [0.4, 0.5) is 4.39 Å². The molecule has 1 aromatic carbocycles. The lowest BCUT2D eigenvalue weighted by Gasteiger charge is -2.28. The summed E-state index contributed by atoms with van der Waals surface area (Å²) < 4.78 is 20.2. The quantitative estimate of drug-likeness (QED) is 0.738. The summed E-state index contributed by atoms with van der Waals surface area (Å²) in [6.45, 7) is 2.10. The molecule has 0 amide bonds. The van der Waals surface area contributed by atoms with Crippen molar-refractivity contribution in [1.82, 2.24) is 4.98 Å². The van der Waals surface area contributed by atoms with Crippen molar-refractivity contribution in [3.8, 4) is 5.75 Å². The molecule has 5 heteroatoms. The van der Waals surface area contributed by atoms with Crippen LogP contribution in [0.5, 0.6) is 5.75 Å². The van der Waals surface area contributed by atoms with Gasteiger partial charge in [-0.05, 0) is 61.1 Å². The van der Waals surface area contributed by atoms with Crippen LogP contribution in [0.15, 0.2) is 46.7 Å². The van der Waals surface area contributed by atoms with Crippen LogP contribution in [0, 0.1) is 12.7 Å². The van der Waals surface area contributed by atoms with Gasteiger partial charge in [-0.15, -0.1) is 0 Å². The molecule has 0 aliphatic carbocycles. The fraction of sp³-hybridized carbons (Fsp3) is 0.300. The molecule has 0 bridgehead atoms. The molecule has 2 aliphatic rings. The maximum atomic E-state index is 14.0. The first-order chi connectivity index (χ1) is 12.1. The number of ether oxygens (including phenoxy) is 1. The molecule has 2 unspecified atom stereocenters. The van der Waals surface area contributed by atoms with Gasteiger partial charge in [0.25, 0.3) is 0 Å². The van der Waals surface area contributed by atoms with E-state index in [-0.39, 0.29) is 17.8 Å². The van der Waals surface area contributed by atoms with Crippen LogP contribution in [0.1, 0.15) is 47.2 Å². The number of benzene rings is 1. The van der Waals surface area contributed by atoms with Crippen molar-refractivity contribution in [2.75, 3.05) is 0 Å². The number of aryl methyl sites for hydroxylation is 2. The Balaban J connectivity index is 1.66. The van der Waals surface area contributed by atoms with E-state index in [4.69, 9.17) is 16.3 Å². The number of nitrogens with zero attached hydrogens (tertiary/aromatic N) is 2. The van der Waals surface area contributed by atoms with Gasteiger partial charge in [0.2, 0.25) is 0 Å². The lowest BCUT2D eigenvalue weighted by molar-refractivity contribution is 0.167. The second-order valence-corrected chi connectivity index (χ2v) is 7.00. The molecule has 2 atom stereocenters. The highest BCUT2D eigenvalue weighted by atomic mass is 35.5. The third-order valence-electron chi connectivity index (χ3n) is 4.78. The van der Waals surface area contributed by atoms with E-state index >= 15 is 0 Å². The Labute approximate surface area is 151 Å². The number of pyridine rings is 1. The fourth-order valence-electron chi connectivity index (χ4n) is 3.53. The Morgan fingerprint density at radius 1 is 1.32 bits per heavy atom. The SMILES string of the molecule is Cc1cc2c(cc1C1C=NC=C(Cl)C1)OC(c1ncccc1F)CC2. The largest absolute Gasteiger partial charge is 0.484 e. The van der Waals surface area contributed by atoms with Crippen molar-refractivity contribution in [3.63, 3.8) is 0 Å². The number of hydrogen-bond donors (Lipinski definition) is 0. The van der Waals surface area contributed by atoms with Gasteiger partial charge >= 0.3 is 0 Å². The molecule has 25 heavy (non-hydrogen) atoms. The van der Waals surface area contributed by atoms with Gasteiger partial charge in [-0.2, -0.15) is 0 Å². The number of halogens is 2. The van der Waals surface area contributed by atoms with Crippen molar-refractivity contribution < 1.29 is 9.13 Å². The van der Waals surface area contributed by atoms with Crippen molar-refractivity contribution in [2.45, 2.75) is 38.2 Å². The predicted octanol–water partition coefficient (Wildman–Crippen LogP) is 5.23. The van der Waals surface area contributed by atoms with E-state index in [2.05, 4.69) is 29.0 Å². The van der Waals surface area contributed by atoms with E-state index < -0.39 is 0 Å². The molecule has 0 N–H and O–H groups in total. The van der Waals surface area contributed by atoms with Crippen LogP contribution in [-0.2, 0) is 6.42 Å². The summed E-state index contributed by atoms with van der Waals surface area (Å²) in [6.07, 6.45) is 7.15. The summed E-state index contributed by atoms with van der Waals surface area (Å²) in [5.74, 6) is 0.624. The number of hydrogen-bond acceptors (Lipinski definition) is 3. The van der Waals surface area contributed by atoms with Gasteiger partial charge < -0.3 is 4.74 Å². The van der Waals surface area contributed by atoms with Crippen LogP contribution in [0.3, 0.4) is 0 Å². The number of aliphatic imine (C=N–C) groups is 1. The molecule has 0 saturated heterocycles. The van der Waals surface area contributed by atoms with Crippen LogP contribution in [-0.4, -0.2) is 11.2 Å². The highest BCUT2D eigenvalue weighted by molar-refractivity contribution is 6.29. The summed E-state index contributed by atoms with van der Waals surface area (Å²) in [4.78, 5) is 8.39. The van der Waals surface area contributed by atoms with E-state index in [0.717, 1.165) is 41.2 Å². The first-order valence-corrected chi connectivity index (χ1v) is 8.78. The monoisotopic (exact) mass is 356 g/mol. The Morgan fingerprint density at radius 2 is 2.20 bits per heavy atom. The maximum Gasteiger partial charge on any atom is 0.148 e. The Bertz CT molecular complexity index is 878. The highest BCUT2D eigenvalue weighted by Gasteiger charge is 2.27. The van der Waals surface area contributed by atoms with Crippen molar-refractivity contribution >= 4 is 17.8 Å². The van der Waals surface area contributed by atoms with Crippen LogP contribution >= 0.6 is 11.6 Å². The molecule has 1 aromatic heterocycles. The summed E-state index contributed by atoms with van der Waals surface area (Å²) in [6, 6.07) is 7.24. The van der Waals surface area contributed by atoms with Crippen molar-refractivity contribution in [1.29, 1.82) is 0 Å². The minimum atomic E-state index is -0.354. The molecule has 0 fully saturated rings. The van der Waals surface area contributed by atoms with Gasteiger partial charge in [-0.3, -0.25) is 9.98 Å². The summed E-state index contributed by atoms with van der Waals surface area (Å²) >= 11 is 6.14. The van der Waals surface area contributed by atoms with Gasteiger partial charge in [0.05, 0.1) is 0 Å². The lowest BCUT2D eigenvalue weighted by Crippen LogP contribution is -2.18. The van der Waals surface area contributed by atoms with Crippen LogP contribution < -0.4 is 4.74 Å². The summed E-state index contributed by atoms with van der Waals surface area (Å²) in [5, 5.41) is 0.749. The number of rotatable bonds is 2. The van der Waals surface area contributed by atoms with Gasteiger partial charge in [0.15, 0.2) is 0 Å².